The number of phenolic OH excluding ortho intramolecular Hbond substituents is 1. The largest absolute Gasteiger partial charge is 0.506 e. The fourth-order valence-electron chi connectivity index (χ4n) is 3.84. The van der Waals surface area contributed by atoms with Crippen LogP contribution in [0.2, 0.25) is 0 Å². The van der Waals surface area contributed by atoms with E-state index in [-0.39, 0.29) is 39.0 Å². The quantitative estimate of drug-likeness (QED) is 0.235. The molecule has 0 aliphatic carbocycles. The van der Waals surface area contributed by atoms with Crippen molar-refractivity contribution in [3.8, 4) is 11.6 Å². The van der Waals surface area contributed by atoms with E-state index in [1.807, 2.05) is 53.1 Å². The average molecular weight is 616 g/mol. The van der Waals surface area contributed by atoms with E-state index >= 15 is 0 Å². The van der Waals surface area contributed by atoms with E-state index < -0.39 is 0 Å². The summed E-state index contributed by atoms with van der Waals surface area (Å²) in [5, 5.41) is 13.9. The molecule has 0 radical (unpaired) electrons. The fraction of sp³-hybridized carbons (Fsp3) is 0. The fourth-order valence-corrected chi connectivity index (χ4v) is 4.62. The Labute approximate surface area is 206 Å². The summed E-state index contributed by atoms with van der Waals surface area (Å²) in [7, 11) is 0. The maximum absolute atomic E-state index is 10.3. The van der Waals surface area contributed by atoms with E-state index in [1.165, 1.54) is 11.8 Å². The molecule has 0 unspecified atom stereocenters. The molecule has 0 amide bonds. The molecule has 0 bridgehead atoms. The molecule has 158 valence electrons. The molecule has 4 nitrogen and oxygen atoms in total. The van der Waals surface area contributed by atoms with Gasteiger partial charge >= 0.3 is 0 Å². The van der Waals surface area contributed by atoms with Gasteiger partial charge in [0.2, 0.25) is 0 Å². The number of phenols is 1. The molecule has 0 saturated carbocycles. The maximum Gasteiger partial charge on any atom is 0.141 e. The van der Waals surface area contributed by atoms with Crippen LogP contribution in [-0.2, 0) is 21.1 Å². The number of benzene rings is 3. The number of nitrogens with zero attached hydrogens (tertiary/aromatic N) is 3. The third kappa shape index (κ3) is 3.48. The Balaban J connectivity index is 0.00000241. The van der Waals surface area contributed by atoms with Crippen molar-refractivity contribution in [2.24, 2.45) is 0 Å². The summed E-state index contributed by atoms with van der Waals surface area (Å²) >= 11 is 1.44. The van der Waals surface area contributed by atoms with Gasteiger partial charge < -0.3 is 9.67 Å². The van der Waals surface area contributed by atoms with E-state index in [1.54, 1.807) is 18.2 Å². The number of aromatic hydroxyl groups is 1. The Morgan fingerprint density at radius 2 is 1.78 bits per heavy atom. The van der Waals surface area contributed by atoms with Crippen LogP contribution >= 0.6 is 11.8 Å². The van der Waals surface area contributed by atoms with Crippen LogP contribution in [0.4, 0.5) is 0 Å². The van der Waals surface area contributed by atoms with Crippen molar-refractivity contribution in [3.63, 3.8) is 0 Å². The second-order valence-corrected chi connectivity index (χ2v) is 8.14. The molecule has 3 heterocycles. The molecular formula is C26H16N3OPtS-. The molecule has 1 N–H and O–H groups in total. The Morgan fingerprint density at radius 1 is 0.906 bits per heavy atom. The zero-order chi connectivity index (χ0) is 22.5. The van der Waals surface area contributed by atoms with Gasteiger partial charge in [-0.3, -0.25) is 0 Å². The van der Waals surface area contributed by atoms with Crippen LogP contribution in [0.25, 0.3) is 38.5 Å². The number of para-hydroxylation sites is 2. The molecule has 6 heteroatoms. The van der Waals surface area contributed by atoms with Crippen molar-refractivity contribution in [1.29, 1.82) is 0 Å². The van der Waals surface area contributed by atoms with Crippen molar-refractivity contribution in [2.45, 2.75) is 9.92 Å². The van der Waals surface area contributed by atoms with Crippen LogP contribution in [0.5, 0.6) is 5.75 Å². The Hall–Kier alpha value is -3.14. The van der Waals surface area contributed by atoms with Gasteiger partial charge in [0.15, 0.2) is 0 Å². The molecule has 0 fully saturated rings. The van der Waals surface area contributed by atoms with Gasteiger partial charge in [0.05, 0.1) is 7.77 Å². The third-order valence-corrected chi connectivity index (χ3v) is 6.10. The van der Waals surface area contributed by atoms with Gasteiger partial charge in [-0.1, -0.05) is 58.6 Å². The summed E-state index contributed by atoms with van der Waals surface area (Å²) in [4.78, 5) is 9.86. The zero-order valence-electron chi connectivity index (χ0n) is 18.5. The van der Waals surface area contributed by atoms with Crippen molar-refractivity contribution in [3.05, 3.63) is 97.1 Å². The second kappa shape index (κ2) is 8.42. The molecule has 0 spiro atoms. The standard InChI is InChI=1S/C26H16N3OS.Pt/c30-23-9-5-6-17-11-14-25(28-26(17)23)31-18-12-13-20-19-7-1-2-8-21(19)29(22(20)16-18)24-10-3-4-15-27-24;/h1-15,30H;/q-1;/i9D,15D;. The maximum atomic E-state index is 10.3. The molecular weight excluding hydrogens is 597 g/mol. The van der Waals surface area contributed by atoms with Crippen molar-refractivity contribution >= 4 is 44.5 Å². The molecule has 3 aromatic carbocycles. The second-order valence-electron chi connectivity index (χ2n) is 7.08. The van der Waals surface area contributed by atoms with Crippen molar-refractivity contribution in [1.82, 2.24) is 14.5 Å². The first-order chi connectivity index (χ1) is 16.1. The van der Waals surface area contributed by atoms with Gasteiger partial charge in [0, 0.05) is 38.1 Å². The van der Waals surface area contributed by atoms with Gasteiger partial charge in [-0.25, -0.2) is 9.97 Å². The summed E-state index contributed by atoms with van der Waals surface area (Å²) in [6, 6.07) is 28.3. The molecule has 3 aromatic heterocycles. The summed E-state index contributed by atoms with van der Waals surface area (Å²) in [5.41, 5.74) is 2.29. The van der Waals surface area contributed by atoms with Crippen LogP contribution in [0.1, 0.15) is 2.74 Å². The van der Waals surface area contributed by atoms with Crippen molar-refractivity contribution < 1.29 is 28.9 Å². The first kappa shape index (κ1) is 18.4. The van der Waals surface area contributed by atoms with Crippen LogP contribution in [-0.4, -0.2) is 19.6 Å². The Bertz CT molecular complexity index is 1700. The van der Waals surface area contributed by atoms with Crippen molar-refractivity contribution in [2.75, 3.05) is 0 Å². The van der Waals surface area contributed by atoms with E-state index in [9.17, 15) is 5.11 Å². The SMILES string of the molecule is [2H]c1cccc(-n2c3[c-]c(Sc4ccc5ccc([2H])c(O)c5n4)ccc3c3ccccc32)n1.[Pt]. The zero-order valence-corrected chi connectivity index (χ0v) is 19.6. The van der Waals surface area contributed by atoms with Crippen LogP contribution in [0.15, 0.2) is 101 Å². The summed E-state index contributed by atoms with van der Waals surface area (Å²) in [6.45, 7) is 0. The average Bonchev–Trinajstić information content (AvgIpc) is 3.15. The van der Waals surface area contributed by atoms with Crippen LogP contribution < -0.4 is 0 Å². The van der Waals surface area contributed by atoms with E-state index in [2.05, 4.69) is 28.2 Å². The predicted molar refractivity (Wildman–Crippen MR) is 125 cm³/mol. The number of pyridine rings is 2. The predicted octanol–water partition coefficient (Wildman–Crippen LogP) is 6.38. The smallest absolute Gasteiger partial charge is 0.141 e. The minimum absolute atomic E-state index is 0. The minimum Gasteiger partial charge on any atom is -0.506 e. The van der Waals surface area contributed by atoms with E-state index in [0.29, 0.717) is 16.4 Å². The summed E-state index contributed by atoms with van der Waals surface area (Å²) < 4.78 is 17.8. The van der Waals surface area contributed by atoms with E-state index in [4.69, 9.17) is 2.74 Å². The normalized spacial score (nSPS) is 12.0. The molecule has 6 aromatic rings. The Morgan fingerprint density at radius 3 is 2.69 bits per heavy atom. The van der Waals surface area contributed by atoms with Gasteiger partial charge in [0.1, 0.15) is 17.1 Å². The molecule has 32 heavy (non-hydrogen) atoms. The molecule has 0 aliphatic rings. The van der Waals surface area contributed by atoms with Gasteiger partial charge in [-0.2, -0.15) is 12.1 Å². The molecule has 0 atom stereocenters. The number of hydrogen-bond acceptors (Lipinski definition) is 4. The monoisotopic (exact) mass is 615 g/mol. The first-order valence-electron chi connectivity index (χ1n) is 10.8. The first-order valence-corrected chi connectivity index (χ1v) is 10.6. The number of fused-ring (bicyclic) bond motifs is 4. The van der Waals surface area contributed by atoms with Crippen LogP contribution in [0, 0.1) is 6.07 Å². The number of hydrogen-bond donors (Lipinski definition) is 1. The minimum atomic E-state index is -0.115. The molecule has 6 rings (SSSR count). The van der Waals surface area contributed by atoms with E-state index in [0.717, 1.165) is 32.1 Å². The number of aromatic nitrogens is 3. The molecule has 0 saturated heterocycles. The Kier molecular flexibility index (Phi) is 4.85. The topological polar surface area (TPSA) is 50.9 Å². The molecule has 0 aliphatic heterocycles. The summed E-state index contributed by atoms with van der Waals surface area (Å²) in [6.07, 6.45) is 0.206. The van der Waals surface area contributed by atoms with Gasteiger partial charge in [0.25, 0.3) is 0 Å². The number of rotatable bonds is 3. The van der Waals surface area contributed by atoms with Crippen LogP contribution in [0.3, 0.4) is 0 Å². The van der Waals surface area contributed by atoms with Gasteiger partial charge in [-0.15, -0.1) is 11.5 Å². The summed E-state index contributed by atoms with van der Waals surface area (Å²) in [5.74, 6) is 0.555. The van der Waals surface area contributed by atoms with Gasteiger partial charge in [-0.05, 0) is 41.8 Å². The third-order valence-electron chi connectivity index (χ3n) is 5.20.